The average Bonchev–Trinajstić information content (AvgIpc) is 2.08. The first kappa shape index (κ1) is 9.49. The van der Waals surface area contributed by atoms with Gasteiger partial charge in [0, 0.05) is 6.04 Å². The lowest BCUT2D eigenvalue weighted by molar-refractivity contribution is 0.608. The summed E-state index contributed by atoms with van der Waals surface area (Å²) in [5.41, 5.74) is 1.54. The molecule has 1 nitrogen and oxygen atoms in total. The third kappa shape index (κ3) is 1.76. The second-order valence-corrected chi connectivity index (χ2v) is 3.00. The second-order valence-electron chi connectivity index (χ2n) is 2.78. The van der Waals surface area contributed by atoms with Gasteiger partial charge in [0.15, 0.2) is 0 Å². The van der Waals surface area contributed by atoms with Gasteiger partial charge in [-0.25, -0.2) is 9.23 Å². The Morgan fingerprint density at radius 1 is 1.50 bits per heavy atom. The standard InChI is InChI=1S/C9H11ClFN/c1-6-8(7(2)12-10)4-3-5-9(6)11/h3-5,7,12H,1-2H3/t7-/m0/s1. The number of hydrogen-bond donors (Lipinski definition) is 1. The van der Waals surface area contributed by atoms with Crippen LogP contribution >= 0.6 is 11.8 Å². The summed E-state index contributed by atoms with van der Waals surface area (Å²) in [7, 11) is 0. The molecule has 0 fully saturated rings. The maximum Gasteiger partial charge on any atom is 0.126 e. The van der Waals surface area contributed by atoms with Crippen LogP contribution in [0.4, 0.5) is 4.39 Å². The van der Waals surface area contributed by atoms with Crippen molar-refractivity contribution in [2.24, 2.45) is 0 Å². The summed E-state index contributed by atoms with van der Waals surface area (Å²) in [6, 6.07) is 4.96. The molecule has 1 aromatic carbocycles. The van der Waals surface area contributed by atoms with Crippen molar-refractivity contribution in [2.45, 2.75) is 19.9 Å². The predicted molar refractivity (Wildman–Crippen MR) is 48.5 cm³/mol. The van der Waals surface area contributed by atoms with Gasteiger partial charge in [-0.05, 0) is 42.8 Å². The molecule has 1 aromatic rings. The van der Waals surface area contributed by atoms with E-state index in [9.17, 15) is 4.39 Å². The van der Waals surface area contributed by atoms with E-state index in [4.69, 9.17) is 11.8 Å². The molecule has 3 heteroatoms. The first-order valence-corrected chi connectivity index (χ1v) is 4.15. The molecule has 0 aliphatic carbocycles. The molecule has 0 bridgehead atoms. The van der Waals surface area contributed by atoms with Gasteiger partial charge in [0.1, 0.15) is 5.82 Å². The summed E-state index contributed by atoms with van der Waals surface area (Å²) in [5.74, 6) is -0.189. The summed E-state index contributed by atoms with van der Waals surface area (Å²) < 4.78 is 13.0. The van der Waals surface area contributed by atoms with Gasteiger partial charge in [-0.15, -0.1) is 0 Å². The van der Waals surface area contributed by atoms with Crippen molar-refractivity contribution in [3.63, 3.8) is 0 Å². The van der Waals surface area contributed by atoms with Gasteiger partial charge in [0.2, 0.25) is 0 Å². The number of rotatable bonds is 2. The van der Waals surface area contributed by atoms with Gasteiger partial charge in [0.25, 0.3) is 0 Å². The van der Waals surface area contributed by atoms with Crippen LogP contribution in [0.5, 0.6) is 0 Å². The summed E-state index contributed by atoms with van der Waals surface area (Å²) in [6.45, 7) is 3.63. The minimum Gasteiger partial charge on any atom is -0.226 e. The lowest BCUT2D eigenvalue weighted by atomic mass is 10.0. The Bertz CT molecular complexity index is 275. The highest BCUT2D eigenvalue weighted by Gasteiger charge is 2.08. The van der Waals surface area contributed by atoms with Crippen LogP contribution < -0.4 is 4.84 Å². The SMILES string of the molecule is Cc1c(F)cccc1[C@H](C)NCl. The van der Waals surface area contributed by atoms with Crippen LogP contribution in [0, 0.1) is 12.7 Å². The summed E-state index contributed by atoms with van der Waals surface area (Å²) in [6.07, 6.45) is 0. The van der Waals surface area contributed by atoms with Crippen molar-refractivity contribution < 1.29 is 4.39 Å². The van der Waals surface area contributed by atoms with Crippen LogP contribution in [0.25, 0.3) is 0 Å². The molecule has 66 valence electrons. The Morgan fingerprint density at radius 3 is 2.75 bits per heavy atom. The Labute approximate surface area is 76.7 Å². The maximum absolute atomic E-state index is 13.0. The van der Waals surface area contributed by atoms with Gasteiger partial charge in [-0.3, -0.25) is 0 Å². The molecular formula is C9H11ClFN. The molecule has 0 aliphatic rings. The molecule has 0 amide bonds. The summed E-state index contributed by atoms with van der Waals surface area (Å²) in [4.78, 5) is 2.55. The van der Waals surface area contributed by atoms with E-state index in [0.717, 1.165) is 5.56 Å². The quantitative estimate of drug-likeness (QED) is 0.702. The van der Waals surface area contributed by atoms with Crippen LogP contribution in [0.2, 0.25) is 0 Å². The third-order valence-electron chi connectivity index (χ3n) is 1.94. The highest BCUT2D eigenvalue weighted by atomic mass is 35.5. The fourth-order valence-electron chi connectivity index (χ4n) is 1.15. The first-order chi connectivity index (χ1) is 5.66. The van der Waals surface area contributed by atoms with E-state index in [1.165, 1.54) is 6.07 Å². The Kier molecular flexibility index (Phi) is 3.06. The van der Waals surface area contributed by atoms with Crippen LogP contribution in [0.3, 0.4) is 0 Å². The molecule has 0 saturated heterocycles. The molecule has 0 radical (unpaired) electrons. The zero-order chi connectivity index (χ0) is 9.14. The molecule has 0 spiro atoms. The smallest absolute Gasteiger partial charge is 0.126 e. The number of nitrogens with one attached hydrogen (secondary N) is 1. The van der Waals surface area contributed by atoms with E-state index < -0.39 is 0 Å². The van der Waals surface area contributed by atoms with Gasteiger partial charge in [-0.1, -0.05) is 12.1 Å². The normalized spacial score (nSPS) is 13.0. The van der Waals surface area contributed by atoms with Crippen LogP contribution in [0.1, 0.15) is 24.1 Å². The summed E-state index contributed by atoms with van der Waals surface area (Å²) in [5, 5.41) is 0. The largest absolute Gasteiger partial charge is 0.226 e. The predicted octanol–water partition coefficient (Wildman–Crippen LogP) is 2.94. The Morgan fingerprint density at radius 2 is 2.17 bits per heavy atom. The van der Waals surface area contributed by atoms with Gasteiger partial charge < -0.3 is 0 Å². The van der Waals surface area contributed by atoms with E-state index in [-0.39, 0.29) is 11.9 Å². The van der Waals surface area contributed by atoms with Crippen molar-refractivity contribution in [3.05, 3.63) is 35.1 Å². The summed E-state index contributed by atoms with van der Waals surface area (Å²) >= 11 is 5.44. The van der Waals surface area contributed by atoms with E-state index in [0.29, 0.717) is 5.56 Å². The number of hydrogen-bond acceptors (Lipinski definition) is 1. The number of halogens is 2. The second kappa shape index (κ2) is 3.87. The molecule has 0 aliphatic heterocycles. The molecular weight excluding hydrogens is 177 g/mol. The van der Waals surface area contributed by atoms with Gasteiger partial charge >= 0.3 is 0 Å². The molecule has 1 rings (SSSR count). The van der Waals surface area contributed by atoms with Crippen LogP contribution in [-0.4, -0.2) is 0 Å². The van der Waals surface area contributed by atoms with Crippen molar-refractivity contribution in [1.29, 1.82) is 0 Å². The molecule has 1 atom stereocenters. The van der Waals surface area contributed by atoms with Crippen molar-refractivity contribution in [3.8, 4) is 0 Å². The molecule has 0 saturated carbocycles. The minimum absolute atomic E-state index is 0.0256. The fraction of sp³-hybridized carbons (Fsp3) is 0.333. The van der Waals surface area contributed by atoms with Crippen LogP contribution in [-0.2, 0) is 0 Å². The lowest BCUT2D eigenvalue weighted by Gasteiger charge is -2.12. The molecule has 1 N–H and O–H groups in total. The first-order valence-electron chi connectivity index (χ1n) is 3.78. The van der Waals surface area contributed by atoms with E-state index in [1.807, 2.05) is 13.0 Å². The monoisotopic (exact) mass is 187 g/mol. The van der Waals surface area contributed by atoms with Crippen molar-refractivity contribution >= 4 is 11.8 Å². The van der Waals surface area contributed by atoms with Gasteiger partial charge in [-0.2, -0.15) is 0 Å². The van der Waals surface area contributed by atoms with E-state index in [2.05, 4.69) is 4.84 Å². The van der Waals surface area contributed by atoms with Crippen LogP contribution in [0.15, 0.2) is 18.2 Å². The van der Waals surface area contributed by atoms with E-state index in [1.54, 1.807) is 13.0 Å². The van der Waals surface area contributed by atoms with Crippen molar-refractivity contribution in [2.75, 3.05) is 0 Å². The number of benzene rings is 1. The fourth-order valence-corrected chi connectivity index (χ4v) is 1.27. The minimum atomic E-state index is -0.189. The lowest BCUT2D eigenvalue weighted by Crippen LogP contribution is -2.08. The zero-order valence-electron chi connectivity index (χ0n) is 7.07. The highest BCUT2D eigenvalue weighted by molar-refractivity contribution is 6.13. The van der Waals surface area contributed by atoms with Crippen molar-refractivity contribution in [1.82, 2.24) is 4.84 Å². The highest BCUT2D eigenvalue weighted by Crippen LogP contribution is 2.19. The maximum atomic E-state index is 13.0. The Balaban J connectivity index is 3.07. The van der Waals surface area contributed by atoms with Gasteiger partial charge in [0.05, 0.1) is 0 Å². The van der Waals surface area contributed by atoms with E-state index >= 15 is 0 Å². The molecule has 0 aromatic heterocycles. The molecule has 12 heavy (non-hydrogen) atoms. The third-order valence-corrected chi connectivity index (χ3v) is 2.27. The Hall–Kier alpha value is -0.600. The molecule has 0 heterocycles. The average molecular weight is 188 g/mol. The topological polar surface area (TPSA) is 12.0 Å². The molecule has 0 unspecified atom stereocenters. The zero-order valence-corrected chi connectivity index (χ0v) is 7.82.